The van der Waals surface area contributed by atoms with E-state index < -0.39 is 18.8 Å². The number of benzene rings is 2. The number of carbonyl (C=O) groups excluding carboxylic acids is 1. The predicted octanol–water partition coefficient (Wildman–Crippen LogP) is 3.52. The van der Waals surface area contributed by atoms with Crippen molar-refractivity contribution in [3.05, 3.63) is 59.8 Å². The molecule has 0 atom stereocenters. The number of hydrogen-bond acceptors (Lipinski definition) is 6. The standard InChI is InChI=1S/C20H16F3N5O2/c21-20(22,23)10-30-18(29)12-3-1-11(2-4-12)9-28-8-7-13-15(28)6-5-14-16(13)17(24)27-19(25)26-14/h1-8H,9-10H2,(H4,24,25,26,27). The second-order valence-corrected chi connectivity index (χ2v) is 6.69. The number of hydrogen-bond donors (Lipinski definition) is 2. The van der Waals surface area contributed by atoms with Gasteiger partial charge in [0.1, 0.15) is 5.82 Å². The Labute approximate surface area is 168 Å². The van der Waals surface area contributed by atoms with Gasteiger partial charge in [0.15, 0.2) is 6.61 Å². The van der Waals surface area contributed by atoms with Crippen LogP contribution in [-0.4, -0.2) is 33.3 Å². The smallest absolute Gasteiger partial charge is 0.422 e. The molecule has 4 aromatic rings. The molecule has 0 saturated carbocycles. The van der Waals surface area contributed by atoms with E-state index in [-0.39, 0.29) is 11.5 Å². The van der Waals surface area contributed by atoms with Gasteiger partial charge in [0, 0.05) is 23.6 Å². The monoisotopic (exact) mass is 415 g/mol. The molecule has 0 aliphatic carbocycles. The number of fused-ring (bicyclic) bond motifs is 3. The van der Waals surface area contributed by atoms with Gasteiger partial charge in [-0.05, 0) is 35.9 Å². The number of nitrogen functional groups attached to an aromatic ring is 2. The number of anilines is 2. The highest BCUT2D eigenvalue weighted by Crippen LogP contribution is 2.29. The van der Waals surface area contributed by atoms with Crippen LogP contribution in [0.25, 0.3) is 21.8 Å². The first-order valence-electron chi connectivity index (χ1n) is 8.84. The zero-order valence-corrected chi connectivity index (χ0v) is 15.5. The van der Waals surface area contributed by atoms with Gasteiger partial charge < -0.3 is 20.8 Å². The van der Waals surface area contributed by atoms with Gasteiger partial charge in [-0.15, -0.1) is 0 Å². The van der Waals surface area contributed by atoms with Crippen LogP contribution in [-0.2, 0) is 11.3 Å². The summed E-state index contributed by atoms with van der Waals surface area (Å²) >= 11 is 0. The van der Waals surface area contributed by atoms with E-state index in [1.807, 2.05) is 29.0 Å². The van der Waals surface area contributed by atoms with E-state index in [0.717, 1.165) is 16.5 Å². The van der Waals surface area contributed by atoms with Crippen molar-refractivity contribution >= 4 is 39.5 Å². The SMILES string of the molecule is Nc1nc(N)c2c(ccc3c2ccn3Cc2ccc(C(=O)OCC(F)(F)F)cc2)n1. The van der Waals surface area contributed by atoms with Crippen molar-refractivity contribution in [3.63, 3.8) is 0 Å². The average molecular weight is 415 g/mol. The van der Waals surface area contributed by atoms with E-state index >= 15 is 0 Å². The fourth-order valence-electron chi connectivity index (χ4n) is 3.26. The minimum Gasteiger partial charge on any atom is -0.452 e. The third-order valence-electron chi connectivity index (χ3n) is 4.57. The van der Waals surface area contributed by atoms with Crippen molar-refractivity contribution in [2.24, 2.45) is 0 Å². The van der Waals surface area contributed by atoms with Gasteiger partial charge in [0.25, 0.3) is 0 Å². The Balaban J connectivity index is 1.57. The molecule has 0 aliphatic heterocycles. The molecule has 4 rings (SSSR count). The Bertz CT molecular complexity index is 1250. The number of rotatable bonds is 4. The topological polar surface area (TPSA) is 109 Å². The molecule has 7 nitrogen and oxygen atoms in total. The molecule has 0 saturated heterocycles. The molecule has 154 valence electrons. The van der Waals surface area contributed by atoms with Gasteiger partial charge in [-0.2, -0.15) is 18.2 Å². The molecule has 0 unspecified atom stereocenters. The first-order valence-corrected chi connectivity index (χ1v) is 8.84. The normalized spacial score (nSPS) is 11.8. The molecular formula is C20H16F3N5O2. The van der Waals surface area contributed by atoms with E-state index in [4.69, 9.17) is 11.5 Å². The van der Waals surface area contributed by atoms with Crippen LogP contribution in [0.5, 0.6) is 0 Å². The first-order chi connectivity index (χ1) is 14.2. The van der Waals surface area contributed by atoms with Crippen LogP contribution in [0.1, 0.15) is 15.9 Å². The minimum atomic E-state index is -4.56. The maximum atomic E-state index is 12.2. The van der Waals surface area contributed by atoms with Crippen molar-refractivity contribution in [2.45, 2.75) is 12.7 Å². The van der Waals surface area contributed by atoms with Crippen molar-refractivity contribution in [3.8, 4) is 0 Å². The van der Waals surface area contributed by atoms with Crippen molar-refractivity contribution in [1.29, 1.82) is 0 Å². The molecule has 4 N–H and O–H groups in total. The van der Waals surface area contributed by atoms with Gasteiger partial charge >= 0.3 is 12.1 Å². The summed E-state index contributed by atoms with van der Waals surface area (Å²) < 4.78 is 42.8. The summed E-state index contributed by atoms with van der Waals surface area (Å²) in [4.78, 5) is 19.9. The number of halogens is 3. The molecule has 2 aromatic carbocycles. The fraction of sp³-hybridized carbons (Fsp3) is 0.150. The maximum absolute atomic E-state index is 12.2. The van der Waals surface area contributed by atoms with Crippen molar-refractivity contribution in [1.82, 2.24) is 14.5 Å². The third kappa shape index (κ3) is 3.84. The number of nitrogens with two attached hydrogens (primary N) is 2. The summed E-state index contributed by atoms with van der Waals surface area (Å²) in [5.74, 6) is -0.623. The fourth-order valence-corrected chi connectivity index (χ4v) is 3.26. The molecule has 0 bridgehead atoms. The number of aromatic nitrogens is 3. The summed E-state index contributed by atoms with van der Waals surface area (Å²) in [6.07, 6.45) is -2.68. The van der Waals surface area contributed by atoms with Crippen LogP contribution in [0.4, 0.5) is 24.9 Å². The van der Waals surface area contributed by atoms with E-state index in [1.54, 1.807) is 12.1 Å². The molecule has 0 radical (unpaired) electrons. The lowest BCUT2D eigenvalue weighted by molar-refractivity contribution is -0.161. The van der Waals surface area contributed by atoms with E-state index in [0.29, 0.717) is 23.3 Å². The van der Waals surface area contributed by atoms with Crippen LogP contribution in [0.2, 0.25) is 0 Å². The van der Waals surface area contributed by atoms with Gasteiger partial charge in [-0.3, -0.25) is 0 Å². The number of esters is 1. The van der Waals surface area contributed by atoms with Gasteiger partial charge in [0.2, 0.25) is 5.95 Å². The van der Waals surface area contributed by atoms with E-state index in [1.165, 1.54) is 12.1 Å². The molecule has 0 fully saturated rings. The third-order valence-corrected chi connectivity index (χ3v) is 4.57. The number of nitrogens with zero attached hydrogens (tertiary/aromatic N) is 3. The van der Waals surface area contributed by atoms with Crippen molar-refractivity contribution < 1.29 is 22.7 Å². The molecule has 30 heavy (non-hydrogen) atoms. The van der Waals surface area contributed by atoms with E-state index in [2.05, 4.69) is 14.7 Å². The average Bonchev–Trinajstić information content (AvgIpc) is 3.08. The van der Waals surface area contributed by atoms with Crippen LogP contribution in [0.15, 0.2) is 48.7 Å². The lowest BCUT2D eigenvalue weighted by atomic mass is 10.1. The molecular weight excluding hydrogens is 399 g/mol. The first kappa shape index (κ1) is 19.5. The summed E-state index contributed by atoms with van der Waals surface area (Å²) in [6.45, 7) is -1.14. The lowest BCUT2D eigenvalue weighted by Crippen LogP contribution is -2.20. The molecule has 0 aliphatic rings. The minimum absolute atomic E-state index is 0.0499. The Morgan fingerprint density at radius 1 is 1.03 bits per heavy atom. The quantitative estimate of drug-likeness (QED) is 0.494. The zero-order chi connectivity index (χ0) is 21.5. The largest absolute Gasteiger partial charge is 0.452 e. The van der Waals surface area contributed by atoms with Crippen LogP contribution >= 0.6 is 0 Å². The Morgan fingerprint density at radius 3 is 2.47 bits per heavy atom. The van der Waals surface area contributed by atoms with Gasteiger partial charge in [-0.1, -0.05) is 12.1 Å². The second kappa shape index (κ2) is 7.21. The summed E-state index contributed by atoms with van der Waals surface area (Å²) in [5.41, 5.74) is 14.1. The Morgan fingerprint density at radius 2 is 1.77 bits per heavy atom. The van der Waals surface area contributed by atoms with Gasteiger partial charge in [-0.25, -0.2) is 9.78 Å². The molecule has 2 aromatic heterocycles. The predicted molar refractivity (Wildman–Crippen MR) is 106 cm³/mol. The maximum Gasteiger partial charge on any atom is 0.422 e. The Hall–Kier alpha value is -3.82. The molecule has 0 spiro atoms. The van der Waals surface area contributed by atoms with Crippen LogP contribution in [0.3, 0.4) is 0 Å². The highest BCUT2D eigenvalue weighted by Gasteiger charge is 2.29. The van der Waals surface area contributed by atoms with E-state index in [9.17, 15) is 18.0 Å². The summed E-state index contributed by atoms with van der Waals surface area (Å²) in [5, 5.41) is 1.58. The summed E-state index contributed by atoms with van der Waals surface area (Å²) in [6, 6.07) is 11.8. The lowest BCUT2D eigenvalue weighted by Gasteiger charge is -2.10. The molecule has 0 amide bonds. The highest BCUT2D eigenvalue weighted by atomic mass is 19.4. The number of ether oxygens (including phenoxy) is 1. The Kier molecular flexibility index (Phi) is 4.69. The molecule has 10 heteroatoms. The van der Waals surface area contributed by atoms with Gasteiger partial charge in [0.05, 0.1) is 16.5 Å². The zero-order valence-electron chi connectivity index (χ0n) is 15.5. The van der Waals surface area contributed by atoms with Crippen molar-refractivity contribution in [2.75, 3.05) is 18.1 Å². The van der Waals surface area contributed by atoms with Crippen LogP contribution < -0.4 is 11.5 Å². The molecule has 2 heterocycles. The van der Waals surface area contributed by atoms with Crippen LogP contribution in [0, 0.1) is 0 Å². The summed E-state index contributed by atoms with van der Waals surface area (Å²) in [7, 11) is 0. The number of alkyl halides is 3. The second-order valence-electron chi connectivity index (χ2n) is 6.69. The number of carbonyl (C=O) groups is 1. The highest BCUT2D eigenvalue weighted by molar-refractivity contribution is 6.10.